The number of ether oxygens (including phenoxy) is 3. The molecule has 0 atom stereocenters. The number of aromatic nitrogens is 3. The van der Waals surface area contributed by atoms with E-state index in [4.69, 9.17) is 19.0 Å². The normalized spacial score (nSPS) is 11.9. The van der Waals surface area contributed by atoms with Gasteiger partial charge in [-0.3, -0.25) is 0 Å². The molecule has 0 aliphatic carbocycles. The molecule has 0 saturated heterocycles. The molecule has 0 fully saturated rings. The average molecular weight is 455 g/mol. The van der Waals surface area contributed by atoms with Gasteiger partial charge in [0.1, 0.15) is 10.8 Å². The second-order valence-electron chi connectivity index (χ2n) is 6.17. The van der Waals surface area contributed by atoms with Crippen LogP contribution >= 0.6 is 11.8 Å². The lowest BCUT2D eigenvalue weighted by Gasteiger charge is -2.11. The zero-order valence-electron chi connectivity index (χ0n) is 18.1. The number of carbonyl (C=O) groups is 1. The molecule has 0 aliphatic heterocycles. The summed E-state index contributed by atoms with van der Waals surface area (Å²) >= 11 is 1.25. The van der Waals surface area contributed by atoms with Crippen molar-refractivity contribution in [1.82, 2.24) is 15.1 Å². The quantitative estimate of drug-likeness (QED) is 0.399. The number of rotatable bonds is 6. The van der Waals surface area contributed by atoms with Crippen LogP contribution in [0.3, 0.4) is 0 Å². The maximum absolute atomic E-state index is 11.8. The fraction of sp³-hybridized carbons (Fsp3) is 0.238. The van der Waals surface area contributed by atoms with Gasteiger partial charge in [-0.2, -0.15) is 9.98 Å². The van der Waals surface area contributed by atoms with Gasteiger partial charge in [-0.15, -0.1) is 11.8 Å². The van der Waals surface area contributed by atoms with E-state index in [0.29, 0.717) is 45.4 Å². The molecular formula is C21H21N5O5S. The molecule has 0 aliphatic rings. The fourth-order valence-electron chi connectivity index (χ4n) is 2.65. The topological polar surface area (TPSA) is 121 Å². The zero-order valence-corrected chi connectivity index (χ0v) is 19.0. The molecule has 0 spiro atoms. The maximum atomic E-state index is 11.8. The predicted octanol–water partition coefficient (Wildman–Crippen LogP) is 4.11. The summed E-state index contributed by atoms with van der Waals surface area (Å²) in [5.41, 5.74) is 2.39. The summed E-state index contributed by atoms with van der Waals surface area (Å²) in [6.07, 6.45) is 2.62. The van der Waals surface area contributed by atoms with Crippen LogP contribution in [0.25, 0.3) is 11.4 Å². The van der Waals surface area contributed by atoms with Gasteiger partial charge >= 0.3 is 6.09 Å². The van der Waals surface area contributed by atoms with E-state index in [-0.39, 0.29) is 0 Å². The van der Waals surface area contributed by atoms with Crippen LogP contribution < -0.4 is 9.47 Å². The Hall–Kier alpha value is -3.73. The Labute approximate surface area is 188 Å². The van der Waals surface area contributed by atoms with E-state index in [1.165, 1.54) is 33.1 Å². The summed E-state index contributed by atoms with van der Waals surface area (Å²) in [6.45, 7) is 1.73. The summed E-state index contributed by atoms with van der Waals surface area (Å²) in [4.78, 5) is 29.0. The minimum atomic E-state index is -0.738. The molecule has 0 unspecified atom stereocenters. The smallest absolute Gasteiger partial charge is 0.434 e. The van der Waals surface area contributed by atoms with Crippen LogP contribution in [0.2, 0.25) is 0 Å². The molecule has 0 N–H and O–H groups in total. The van der Waals surface area contributed by atoms with Crippen LogP contribution in [0.5, 0.6) is 11.6 Å². The summed E-state index contributed by atoms with van der Waals surface area (Å²) in [6, 6.07) is 8.95. The number of benzene rings is 1. The van der Waals surface area contributed by atoms with Crippen molar-refractivity contribution >= 4 is 34.3 Å². The Morgan fingerprint density at radius 3 is 2.44 bits per heavy atom. The highest BCUT2D eigenvalue weighted by Gasteiger charge is 2.18. The van der Waals surface area contributed by atoms with Crippen LogP contribution in [0.1, 0.15) is 11.5 Å². The number of amides is 1. The van der Waals surface area contributed by atoms with Crippen LogP contribution in [0.4, 0.5) is 10.5 Å². The molecule has 166 valence electrons. The van der Waals surface area contributed by atoms with Crippen molar-refractivity contribution in [2.45, 2.75) is 6.92 Å². The molecule has 32 heavy (non-hydrogen) atoms. The predicted molar refractivity (Wildman–Crippen MR) is 121 cm³/mol. The monoisotopic (exact) mass is 455 g/mol. The zero-order chi connectivity index (χ0) is 23.1. The average Bonchev–Trinajstić information content (AvgIpc) is 3.27. The van der Waals surface area contributed by atoms with E-state index in [1.807, 2.05) is 12.1 Å². The van der Waals surface area contributed by atoms with Gasteiger partial charge in [-0.1, -0.05) is 5.16 Å². The van der Waals surface area contributed by atoms with Gasteiger partial charge in [0.2, 0.25) is 11.7 Å². The molecule has 3 rings (SSSR count). The third-order valence-electron chi connectivity index (χ3n) is 4.16. The van der Waals surface area contributed by atoms with Gasteiger partial charge < -0.3 is 18.7 Å². The molecule has 0 bridgehead atoms. The Kier molecular flexibility index (Phi) is 7.55. The van der Waals surface area contributed by atoms with Crippen LogP contribution in [0.15, 0.2) is 51.0 Å². The van der Waals surface area contributed by atoms with Crippen molar-refractivity contribution < 1.29 is 23.5 Å². The standard InChI is InChI=1S/C21H21N5O5S/c1-12-23-18(26-31-12)13-6-8-15(9-7-13)24-17(20(32-5)25-21(27)30-4)14-10-16(28-2)19(29-3)22-11-14/h6-11H,1-5H3/b24-17?,25-20-. The highest BCUT2D eigenvalue weighted by atomic mass is 32.2. The number of hydrogen-bond acceptors (Lipinski definition) is 10. The van der Waals surface area contributed by atoms with Gasteiger partial charge in [-0.25, -0.2) is 14.8 Å². The van der Waals surface area contributed by atoms with Crippen LogP contribution in [-0.4, -0.2) is 59.6 Å². The van der Waals surface area contributed by atoms with E-state index < -0.39 is 6.09 Å². The van der Waals surface area contributed by atoms with Crippen molar-refractivity contribution in [1.29, 1.82) is 0 Å². The molecular weight excluding hydrogens is 434 g/mol. The van der Waals surface area contributed by atoms with Gasteiger partial charge in [-0.05, 0) is 36.6 Å². The Bertz CT molecular complexity index is 1160. The van der Waals surface area contributed by atoms with Crippen molar-refractivity contribution in [2.24, 2.45) is 9.98 Å². The summed E-state index contributed by atoms with van der Waals surface area (Å²) in [5.74, 6) is 1.71. The number of nitrogens with zero attached hydrogens (tertiary/aromatic N) is 5. The second-order valence-corrected chi connectivity index (χ2v) is 6.97. The summed E-state index contributed by atoms with van der Waals surface area (Å²) < 4.78 is 20.3. The number of hydrogen-bond donors (Lipinski definition) is 0. The molecule has 1 amide bonds. The van der Waals surface area contributed by atoms with E-state index in [0.717, 1.165) is 5.56 Å². The molecule has 0 saturated carbocycles. The second kappa shape index (κ2) is 10.5. The molecule has 3 aromatic rings. The molecule has 11 heteroatoms. The highest BCUT2D eigenvalue weighted by molar-refractivity contribution is 8.15. The maximum Gasteiger partial charge on any atom is 0.434 e. The molecule has 2 aromatic heterocycles. The lowest BCUT2D eigenvalue weighted by Crippen LogP contribution is -2.15. The lowest BCUT2D eigenvalue weighted by atomic mass is 10.1. The van der Waals surface area contributed by atoms with Crippen LogP contribution in [0, 0.1) is 6.92 Å². The van der Waals surface area contributed by atoms with Crippen molar-refractivity contribution in [3.8, 4) is 23.0 Å². The molecule has 10 nitrogen and oxygen atoms in total. The number of aliphatic imine (C=N–C) groups is 2. The van der Waals surface area contributed by atoms with Gasteiger partial charge in [0.05, 0.1) is 27.0 Å². The van der Waals surface area contributed by atoms with Gasteiger partial charge in [0.25, 0.3) is 5.88 Å². The van der Waals surface area contributed by atoms with Crippen molar-refractivity contribution in [2.75, 3.05) is 27.6 Å². The Morgan fingerprint density at radius 2 is 1.88 bits per heavy atom. The molecule has 0 radical (unpaired) electrons. The Balaban J connectivity index is 2.08. The minimum absolute atomic E-state index is 0.325. The van der Waals surface area contributed by atoms with E-state index >= 15 is 0 Å². The summed E-state index contributed by atoms with van der Waals surface area (Å²) in [5, 5.41) is 4.26. The fourth-order valence-corrected chi connectivity index (χ4v) is 3.17. The minimum Gasteiger partial charge on any atom is -0.491 e. The van der Waals surface area contributed by atoms with Gasteiger partial charge in [0.15, 0.2) is 5.75 Å². The largest absolute Gasteiger partial charge is 0.491 e. The van der Waals surface area contributed by atoms with Gasteiger partial charge in [0, 0.05) is 24.2 Å². The summed E-state index contributed by atoms with van der Waals surface area (Å²) in [7, 11) is 4.27. The lowest BCUT2D eigenvalue weighted by molar-refractivity contribution is 0.183. The third-order valence-corrected chi connectivity index (χ3v) is 4.83. The third kappa shape index (κ3) is 5.30. The number of aryl methyl sites for hydroxylation is 1. The first-order valence-corrected chi connectivity index (χ1v) is 10.5. The van der Waals surface area contributed by atoms with Crippen molar-refractivity contribution in [3.63, 3.8) is 0 Å². The Morgan fingerprint density at radius 1 is 1.12 bits per heavy atom. The van der Waals surface area contributed by atoms with Crippen LogP contribution in [-0.2, 0) is 4.74 Å². The first-order chi connectivity index (χ1) is 15.5. The van der Waals surface area contributed by atoms with E-state index in [9.17, 15) is 4.79 Å². The number of carbonyl (C=O) groups excluding carboxylic acids is 1. The van der Waals surface area contributed by atoms with E-state index in [2.05, 4.69) is 24.9 Å². The van der Waals surface area contributed by atoms with Crippen molar-refractivity contribution in [3.05, 3.63) is 48.0 Å². The number of thioether (sulfide) groups is 1. The SMILES string of the molecule is COC(=O)/N=C(\SC)C(=Nc1ccc(-c2noc(C)n2)cc1)c1cnc(OC)c(OC)c1. The highest BCUT2D eigenvalue weighted by Crippen LogP contribution is 2.27. The molecule has 1 aromatic carbocycles. The van der Waals surface area contributed by atoms with E-state index in [1.54, 1.807) is 37.6 Å². The first kappa shape index (κ1) is 22.9. The number of pyridine rings is 1. The molecule has 2 heterocycles. The number of methoxy groups -OCH3 is 3. The first-order valence-electron chi connectivity index (χ1n) is 9.27.